The number of amides is 7. The van der Waals surface area contributed by atoms with Crippen LogP contribution in [0.25, 0.3) is 0 Å². The highest BCUT2D eigenvalue weighted by atomic mass is 16.6. The molecule has 0 spiro atoms. The van der Waals surface area contributed by atoms with Gasteiger partial charge in [0, 0.05) is 44.6 Å². The minimum atomic E-state index is -1.24. The number of imide groups is 1. The lowest BCUT2D eigenvalue weighted by molar-refractivity contribution is -0.138. The molecule has 0 aromatic carbocycles. The van der Waals surface area contributed by atoms with Crippen molar-refractivity contribution in [2.75, 3.05) is 72.4 Å². The highest BCUT2D eigenvalue weighted by molar-refractivity contribution is 6.13. The topological polar surface area (TPSA) is 294 Å². The number of carboxylic acid groups (broad SMARTS) is 2. The Kier molecular flexibility index (Phi) is 20.3. The van der Waals surface area contributed by atoms with Crippen molar-refractivity contribution < 1.29 is 72.3 Å². The summed E-state index contributed by atoms with van der Waals surface area (Å²) in [6.45, 7) is -1.48. The summed E-state index contributed by atoms with van der Waals surface area (Å²) in [5.74, 6) is -5.13. The van der Waals surface area contributed by atoms with Gasteiger partial charge in [-0.3, -0.25) is 38.5 Å². The second-order valence-electron chi connectivity index (χ2n) is 9.56. The Bertz CT molecular complexity index is 1160. The number of alkyl carbamates (subject to hydrolysis) is 2. The number of aliphatic carboxylic acids is 2. The molecule has 0 saturated carbocycles. The fraction of sp³-hybridized carbons (Fsp3) is 0.593. The van der Waals surface area contributed by atoms with E-state index in [2.05, 4.69) is 16.0 Å². The van der Waals surface area contributed by atoms with E-state index < -0.39 is 66.9 Å². The van der Waals surface area contributed by atoms with Crippen LogP contribution in [-0.2, 0) is 52.5 Å². The van der Waals surface area contributed by atoms with E-state index in [1.54, 1.807) is 0 Å². The molecule has 0 radical (unpaired) electrons. The molecule has 21 heteroatoms. The van der Waals surface area contributed by atoms with Crippen LogP contribution in [0.5, 0.6) is 0 Å². The van der Waals surface area contributed by atoms with Gasteiger partial charge >= 0.3 is 24.1 Å². The van der Waals surface area contributed by atoms with Crippen molar-refractivity contribution in [3.8, 4) is 0 Å². The number of hydrogen-bond donors (Lipinski definition) is 7. The average molecular weight is 689 g/mol. The smallest absolute Gasteiger partial charge is 0.407 e. The Hall–Kier alpha value is -5.31. The molecule has 0 bridgehead atoms. The molecule has 1 atom stereocenters. The third-order valence-electron chi connectivity index (χ3n) is 5.82. The molecule has 7 amide bonds. The van der Waals surface area contributed by atoms with Gasteiger partial charge in [-0.15, -0.1) is 0 Å². The Labute approximate surface area is 274 Å². The van der Waals surface area contributed by atoms with Gasteiger partial charge in [0.2, 0.25) is 17.7 Å². The number of carbonyl (C=O) groups is 9. The number of rotatable bonds is 25. The molecular formula is C27H40N6O15. The van der Waals surface area contributed by atoms with Gasteiger partial charge in [-0.1, -0.05) is 0 Å². The molecule has 0 aromatic heterocycles. The van der Waals surface area contributed by atoms with Crippen molar-refractivity contribution >= 4 is 53.7 Å². The zero-order chi connectivity index (χ0) is 35.7. The molecule has 0 saturated heterocycles. The fourth-order valence-corrected chi connectivity index (χ4v) is 3.58. The number of nitrogens with zero attached hydrogens (tertiary/aromatic N) is 1. The first-order valence-corrected chi connectivity index (χ1v) is 14.7. The lowest BCUT2D eigenvalue weighted by atomic mass is 10.1. The van der Waals surface area contributed by atoms with E-state index in [9.17, 15) is 43.2 Å². The maximum absolute atomic E-state index is 12.8. The van der Waals surface area contributed by atoms with E-state index in [1.165, 1.54) is 0 Å². The molecule has 21 nitrogen and oxygen atoms in total. The maximum atomic E-state index is 12.8. The molecule has 1 aliphatic heterocycles. The zero-order valence-corrected chi connectivity index (χ0v) is 26.0. The number of hydrogen-bond acceptors (Lipinski definition) is 13. The van der Waals surface area contributed by atoms with E-state index in [0.29, 0.717) is 0 Å². The summed E-state index contributed by atoms with van der Waals surface area (Å²) >= 11 is 0. The summed E-state index contributed by atoms with van der Waals surface area (Å²) in [6.07, 6.45) is 0.305. The number of ether oxygens (including phenoxy) is 4. The van der Waals surface area contributed by atoms with E-state index in [-0.39, 0.29) is 90.9 Å². The van der Waals surface area contributed by atoms with Crippen LogP contribution >= 0.6 is 0 Å². The normalized spacial score (nSPS) is 12.5. The highest BCUT2D eigenvalue weighted by Crippen LogP contribution is 2.06. The Balaban J connectivity index is 2.40. The molecule has 7 N–H and O–H groups in total. The summed E-state index contributed by atoms with van der Waals surface area (Å²) in [4.78, 5) is 105. The molecule has 1 heterocycles. The van der Waals surface area contributed by atoms with Crippen molar-refractivity contribution in [2.24, 2.45) is 0 Å². The first-order valence-electron chi connectivity index (χ1n) is 14.7. The number of nitrogens with one attached hydrogen (secondary N) is 5. The van der Waals surface area contributed by atoms with E-state index in [4.69, 9.17) is 29.2 Å². The lowest BCUT2D eigenvalue weighted by Crippen LogP contribution is -2.48. The molecule has 0 aromatic rings. The molecule has 268 valence electrons. The summed E-state index contributed by atoms with van der Waals surface area (Å²) in [7, 11) is 0. The minimum Gasteiger partial charge on any atom is -0.480 e. The highest BCUT2D eigenvalue weighted by Gasteiger charge is 2.25. The zero-order valence-electron chi connectivity index (χ0n) is 26.0. The first-order chi connectivity index (χ1) is 22.9. The van der Waals surface area contributed by atoms with Crippen LogP contribution in [-0.4, -0.2) is 147 Å². The van der Waals surface area contributed by atoms with Gasteiger partial charge in [0.1, 0.15) is 32.3 Å². The molecule has 48 heavy (non-hydrogen) atoms. The third kappa shape index (κ3) is 19.9. The second kappa shape index (κ2) is 23.9. The first kappa shape index (κ1) is 40.7. The predicted molar refractivity (Wildman–Crippen MR) is 158 cm³/mol. The Morgan fingerprint density at radius 2 is 1.19 bits per heavy atom. The van der Waals surface area contributed by atoms with Gasteiger partial charge in [-0.2, -0.15) is 0 Å². The van der Waals surface area contributed by atoms with Crippen LogP contribution in [0.1, 0.15) is 25.7 Å². The quantitative estimate of drug-likeness (QED) is 0.0368. The fourth-order valence-electron chi connectivity index (χ4n) is 3.58. The molecule has 1 aliphatic rings. The second-order valence-corrected chi connectivity index (χ2v) is 9.56. The van der Waals surface area contributed by atoms with E-state index >= 15 is 0 Å². The number of carboxylic acids is 2. The summed E-state index contributed by atoms with van der Waals surface area (Å²) in [5.41, 5.74) is 0. The molecule has 1 rings (SSSR count). The van der Waals surface area contributed by atoms with Crippen molar-refractivity contribution in [1.82, 2.24) is 31.5 Å². The summed E-state index contributed by atoms with van der Waals surface area (Å²) in [6, 6.07) is -1.06. The van der Waals surface area contributed by atoms with Crippen LogP contribution in [0.2, 0.25) is 0 Å². The Morgan fingerprint density at radius 3 is 1.71 bits per heavy atom. The SMILES string of the molecule is O=C(O)CNC(=O)OCCOCCNC(=O)CCC[C@H](NC(=O)CCN1C(=O)C=CC1=O)C(=O)NCCOCCOC(=O)NCC(=O)O. The van der Waals surface area contributed by atoms with Crippen LogP contribution in [0.4, 0.5) is 9.59 Å². The predicted octanol–water partition coefficient (Wildman–Crippen LogP) is -3.16. The van der Waals surface area contributed by atoms with E-state index in [0.717, 1.165) is 17.1 Å². The average Bonchev–Trinajstić information content (AvgIpc) is 3.36. The molecule has 0 aliphatic carbocycles. The van der Waals surface area contributed by atoms with Crippen molar-refractivity contribution in [3.05, 3.63) is 12.2 Å². The van der Waals surface area contributed by atoms with Crippen molar-refractivity contribution in [2.45, 2.75) is 31.7 Å². The van der Waals surface area contributed by atoms with Crippen molar-refractivity contribution in [3.63, 3.8) is 0 Å². The third-order valence-corrected chi connectivity index (χ3v) is 5.82. The maximum Gasteiger partial charge on any atom is 0.407 e. The van der Waals surface area contributed by atoms with Gasteiger partial charge < -0.3 is 55.7 Å². The van der Waals surface area contributed by atoms with Crippen LogP contribution in [0.15, 0.2) is 12.2 Å². The number of carbonyl (C=O) groups excluding carboxylic acids is 7. The standard InChI is InChI=1S/C27H40N6O15/c34-19(28-7-10-45-12-14-47-26(43)30-16-23(38)39)3-1-2-18(32-20(35)6-9-33-21(36)4-5-22(33)37)25(42)29-8-11-46-13-15-48-27(44)31-17-24(40)41/h4-5,18H,1-3,6-17H2,(H,28,34)(H,29,42)(H,30,43)(H,31,44)(H,32,35)(H,38,39)(H,40,41)/t18-/m0/s1. The summed E-state index contributed by atoms with van der Waals surface area (Å²) < 4.78 is 19.9. The molecular weight excluding hydrogens is 648 g/mol. The van der Waals surface area contributed by atoms with Gasteiger partial charge in [-0.05, 0) is 12.8 Å². The van der Waals surface area contributed by atoms with Crippen LogP contribution in [0.3, 0.4) is 0 Å². The Morgan fingerprint density at radius 1 is 0.667 bits per heavy atom. The van der Waals surface area contributed by atoms with Crippen LogP contribution in [0, 0.1) is 0 Å². The monoisotopic (exact) mass is 688 g/mol. The van der Waals surface area contributed by atoms with E-state index in [1.807, 2.05) is 10.6 Å². The van der Waals surface area contributed by atoms with Gasteiger partial charge in [0.15, 0.2) is 0 Å². The van der Waals surface area contributed by atoms with Gasteiger partial charge in [-0.25, -0.2) is 9.59 Å². The largest absolute Gasteiger partial charge is 0.480 e. The minimum absolute atomic E-state index is 0.00187. The summed E-state index contributed by atoms with van der Waals surface area (Å²) in [5, 5.41) is 28.7. The van der Waals surface area contributed by atoms with Crippen LogP contribution < -0.4 is 26.6 Å². The molecule has 0 fully saturated rings. The molecule has 0 unspecified atom stereocenters. The van der Waals surface area contributed by atoms with Gasteiger partial charge in [0.25, 0.3) is 11.8 Å². The van der Waals surface area contributed by atoms with Gasteiger partial charge in [0.05, 0.1) is 26.4 Å². The lowest BCUT2D eigenvalue weighted by Gasteiger charge is -2.20. The van der Waals surface area contributed by atoms with Crippen molar-refractivity contribution in [1.29, 1.82) is 0 Å².